The summed E-state index contributed by atoms with van der Waals surface area (Å²) in [5.74, 6) is -0.329. The molecular weight excluding hydrogens is 310 g/mol. The fourth-order valence-corrected chi connectivity index (χ4v) is 2.80. The fraction of sp³-hybridized carbons (Fsp3) is 0.111. The van der Waals surface area contributed by atoms with E-state index in [0.717, 1.165) is 22.2 Å². The number of nitrogens with zero attached hydrogens (tertiary/aromatic N) is 2. The lowest BCUT2D eigenvalue weighted by molar-refractivity contribution is 0.0955. The van der Waals surface area contributed by atoms with Gasteiger partial charge in [-0.1, -0.05) is 41.9 Å². The number of carbonyl (C=O) groups is 1. The second kappa shape index (κ2) is 6.26. The molecule has 0 saturated carbocycles. The SMILES string of the molecule is Cc1c(/C=N\NC(=O)c2ccccc2Cl)c2ccccc2n1C. The highest BCUT2D eigenvalue weighted by atomic mass is 35.5. The summed E-state index contributed by atoms with van der Waals surface area (Å²) in [6, 6.07) is 15.0. The van der Waals surface area contributed by atoms with Crippen LogP contribution >= 0.6 is 11.6 Å². The highest BCUT2D eigenvalue weighted by Crippen LogP contribution is 2.23. The molecule has 0 radical (unpaired) electrons. The molecule has 0 bridgehead atoms. The number of amides is 1. The van der Waals surface area contributed by atoms with Gasteiger partial charge >= 0.3 is 0 Å². The average Bonchev–Trinajstić information content (AvgIpc) is 2.80. The van der Waals surface area contributed by atoms with Crippen LogP contribution in [-0.2, 0) is 7.05 Å². The van der Waals surface area contributed by atoms with Crippen LogP contribution in [0.2, 0.25) is 5.02 Å². The number of benzene rings is 2. The number of carbonyl (C=O) groups excluding carboxylic acids is 1. The number of hydrogen-bond acceptors (Lipinski definition) is 2. The maximum Gasteiger partial charge on any atom is 0.272 e. The van der Waals surface area contributed by atoms with Gasteiger partial charge in [0.15, 0.2) is 0 Å². The molecule has 0 aliphatic heterocycles. The number of hydrogen-bond donors (Lipinski definition) is 1. The zero-order valence-corrected chi connectivity index (χ0v) is 13.6. The van der Waals surface area contributed by atoms with Gasteiger partial charge in [-0.15, -0.1) is 0 Å². The van der Waals surface area contributed by atoms with Crippen molar-refractivity contribution in [2.75, 3.05) is 0 Å². The first-order valence-corrected chi connectivity index (χ1v) is 7.59. The van der Waals surface area contributed by atoms with E-state index in [2.05, 4.69) is 21.2 Å². The molecule has 1 amide bonds. The summed E-state index contributed by atoms with van der Waals surface area (Å²) in [4.78, 5) is 12.1. The van der Waals surface area contributed by atoms with Crippen molar-refractivity contribution in [1.82, 2.24) is 9.99 Å². The Morgan fingerprint density at radius 3 is 2.65 bits per heavy atom. The molecule has 4 nitrogen and oxygen atoms in total. The molecule has 1 heterocycles. The monoisotopic (exact) mass is 325 g/mol. The van der Waals surface area contributed by atoms with Crippen molar-refractivity contribution in [3.8, 4) is 0 Å². The van der Waals surface area contributed by atoms with Crippen LogP contribution in [-0.4, -0.2) is 16.7 Å². The molecule has 0 aliphatic carbocycles. The smallest absolute Gasteiger partial charge is 0.272 e. The van der Waals surface area contributed by atoms with Gasteiger partial charge in [0.25, 0.3) is 5.91 Å². The zero-order valence-electron chi connectivity index (χ0n) is 12.9. The Hall–Kier alpha value is -2.59. The Balaban J connectivity index is 1.86. The van der Waals surface area contributed by atoms with Crippen molar-refractivity contribution in [3.05, 3.63) is 70.4 Å². The number of para-hydroxylation sites is 1. The topological polar surface area (TPSA) is 46.4 Å². The summed E-state index contributed by atoms with van der Waals surface area (Å²) in [6.45, 7) is 2.03. The largest absolute Gasteiger partial charge is 0.347 e. The van der Waals surface area contributed by atoms with E-state index in [1.807, 2.05) is 32.2 Å². The molecule has 0 aliphatic rings. The van der Waals surface area contributed by atoms with Gasteiger partial charge in [-0.2, -0.15) is 5.10 Å². The van der Waals surface area contributed by atoms with E-state index in [9.17, 15) is 4.79 Å². The summed E-state index contributed by atoms with van der Waals surface area (Å²) < 4.78 is 2.10. The Labute approximate surface area is 139 Å². The third-order valence-electron chi connectivity index (χ3n) is 3.93. The number of fused-ring (bicyclic) bond motifs is 1. The number of aryl methyl sites for hydroxylation is 1. The Kier molecular flexibility index (Phi) is 4.17. The predicted octanol–water partition coefficient (Wildman–Crippen LogP) is 3.90. The van der Waals surface area contributed by atoms with E-state index in [1.165, 1.54) is 0 Å². The average molecular weight is 326 g/mol. The lowest BCUT2D eigenvalue weighted by Gasteiger charge is -2.01. The highest BCUT2D eigenvalue weighted by Gasteiger charge is 2.10. The second-order valence-corrected chi connectivity index (χ2v) is 5.66. The summed E-state index contributed by atoms with van der Waals surface area (Å²) in [7, 11) is 2.01. The van der Waals surface area contributed by atoms with E-state index in [0.29, 0.717) is 10.6 Å². The molecule has 0 unspecified atom stereocenters. The summed E-state index contributed by atoms with van der Waals surface area (Å²) in [6.07, 6.45) is 1.67. The van der Waals surface area contributed by atoms with Crippen molar-refractivity contribution in [2.24, 2.45) is 12.1 Å². The van der Waals surface area contributed by atoms with E-state index < -0.39 is 0 Å². The molecule has 1 aromatic heterocycles. The minimum atomic E-state index is -0.329. The third-order valence-corrected chi connectivity index (χ3v) is 4.26. The van der Waals surface area contributed by atoms with E-state index in [1.54, 1.807) is 30.5 Å². The molecule has 0 saturated heterocycles. The Morgan fingerprint density at radius 2 is 1.87 bits per heavy atom. The van der Waals surface area contributed by atoms with Crippen LogP contribution in [0, 0.1) is 6.92 Å². The number of hydrazone groups is 1. The molecule has 1 N–H and O–H groups in total. The summed E-state index contributed by atoms with van der Waals surface area (Å²) in [5, 5.41) is 5.59. The van der Waals surface area contributed by atoms with Crippen LogP contribution < -0.4 is 5.43 Å². The maximum atomic E-state index is 12.1. The van der Waals surface area contributed by atoms with Gasteiger partial charge in [-0.25, -0.2) is 5.43 Å². The lowest BCUT2D eigenvalue weighted by Crippen LogP contribution is -2.18. The number of aromatic nitrogens is 1. The zero-order chi connectivity index (χ0) is 16.4. The number of halogens is 1. The Morgan fingerprint density at radius 1 is 1.17 bits per heavy atom. The second-order valence-electron chi connectivity index (χ2n) is 5.25. The maximum absolute atomic E-state index is 12.1. The number of rotatable bonds is 3. The summed E-state index contributed by atoms with van der Waals surface area (Å²) >= 11 is 6.01. The quantitative estimate of drug-likeness (QED) is 0.576. The van der Waals surface area contributed by atoms with Gasteiger partial charge in [-0.3, -0.25) is 4.79 Å². The summed E-state index contributed by atoms with van der Waals surface area (Å²) in [5.41, 5.74) is 6.13. The fourth-order valence-electron chi connectivity index (χ4n) is 2.57. The van der Waals surface area contributed by atoms with Crippen molar-refractivity contribution in [1.29, 1.82) is 0 Å². The minimum Gasteiger partial charge on any atom is -0.347 e. The van der Waals surface area contributed by atoms with Gasteiger partial charge in [0.2, 0.25) is 0 Å². The van der Waals surface area contributed by atoms with Gasteiger partial charge in [-0.05, 0) is 25.1 Å². The third kappa shape index (κ3) is 2.85. The molecule has 0 spiro atoms. The van der Waals surface area contributed by atoms with Crippen LogP contribution in [0.4, 0.5) is 0 Å². The van der Waals surface area contributed by atoms with Gasteiger partial charge in [0.05, 0.1) is 16.8 Å². The first-order valence-electron chi connectivity index (χ1n) is 7.21. The molecular formula is C18H16ClN3O. The van der Waals surface area contributed by atoms with Gasteiger partial charge in [0.1, 0.15) is 0 Å². The molecule has 0 fully saturated rings. The predicted molar refractivity (Wildman–Crippen MR) is 94.2 cm³/mol. The van der Waals surface area contributed by atoms with E-state index in [-0.39, 0.29) is 5.91 Å². The van der Waals surface area contributed by atoms with E-state index in [4.69, 9.17) is 11.6 Å². The van der Waals surface area contributed by atoms with Gasteiger partial charge in [0, 0.05) is 29.2 Å². The highest BCUT2D eigenvalue weighted by molar-refractivity contribution is 6.33. The molecule has 2 aromatic carbocycles. The van der Waals surface area contributed by atoms with Crippen molar-refractivity contribution in [2.45, 2.75) is 6.92 Å². The van der Waals surface area contributed by atoms with Crippen molar-refractivity contribution < 1.29 is 4.79 Å². The van der Waals surface area contributed by atoms with Crippen molar-refractivity contribution in [3.63, 3.8) is 0 Å². The molecule has 0 atom stereocenters. The van der Waals surface area contributed by atoms with Crippen LogP contribution in [0.15, 0.2) is 53.6 Å². The molecule has 3 aromatic rings. The normalized spacial score (nSPS) is 11.3. The van der Waals surface area contributed by atoms with E-state index >= 15 is 0 Å². The molecule has 5 heteroatoms. The van der Waals surface area contributed by atoms with Gasteiger partial charge < -0.3 is 4.57 Å². The standard InChI is InChI=1S/C18H16ClN3O/c1-12-15(13-7-4-6-10-17(13)22(12)2)11-20-21-18(23)14-8-3-5-9-16(14)19/h3-11H,1-2H3,(H,21,23)/b20-11-. The first kappa shape index (κ1) is 15.3. The van der Waals surface area contributed by atoms with Crippen molar-refractivity contribution >= 4 is 34.6 Å². The van der Waals surface area contributed by atoms with Crippen LogP contribution in [0.3, 0.4) is 0 Å². The Bertz CT molecular complexity index is 912. The molecule has 3 rings (SSSR count). The van der Waals surface area contributed by atoms with Crippen LogP contribution in [0.5, 0.6) is 0 Å². The number of nitrogens with one attached hydrogen (secondary N) is 1. The molecule has 116 valence electrons. The lowest BCUT2D eigenvalue weighted by atomic mass is 10.1. The van der Waals surface area contributed by atoms with Crippen LogP contribution in [0.25, 0.3) is 10.9 Å². The minimum absolute atomic E-state index is 0.329. The van der Waals surface area contributed by atoms with Crippen LogP contribution in [0.1, 0.15) is 21.6 Å². The first-order chi connectivity index (χ1) is 11.1. The molecule has 23 heavy (non-hydrogen) atoms.